The van der Waals surface area contributed by atoms with Crippen LogP contribution in [0.4, 0.5) is 20.6 Å². The Hall–Kier alpha value is -3.21. The zero-order chi connectivity index (χ0) is 21.7. The topological polar surface area (TPSA) is 124 Å². The number of cyclic esters (lactones) is 1. The van der Waals surface area contributed by atoms with Crippen LogP contribution in [0.1, 0.15) is 19.8 Å². The molecule has 10 nitrogen and oxygen atoms in total. The molecule has 0 spiro atoms. The van der Waals surface area contributed by atoms with Crippen molar-refractivity contribution >= 4 is 35.0 Å². The second-order valence-electron chi connectivity index (χ2n) is 7.05. The number of ether oxygens (including phenoxy) is 1. The number of aliphatic hydroxyl groups excluding tert-OH is 1. The maximum absolute atomic E-state index is 14.8. The van der Waals surface area contributed by atoms with E-state index in [4.69, 9.17) is 9.84 Å². The van der Waals surface area contributed by atoms with Crippen molar-refractivity contribution < 1.29 is 28.6 Å². The SMILES string of the molecule is CC(=O)NCC1CN(c2ccc(N3CCC(=NNC(=O)CO)CC3)c(F)c2)C(=O)O1. The smallest absolute Gasteiger partial charge is 0.414 e. The molecule has 0 radical (unpaired) electrons. The summed E-state index contributed by atoms with van der Waals surface area (Å²) in [6, 6.07) is 4.57. The van der Waals surface area contributed by atoms with Crippen LogP contribution in [0.25, 0.3) is 0 Å². The molecule has 3 rings (SSSR count). The number of piperidine rings is 1. The average molecular weight is 421 g/mol. The van der Waals surface area contributed by atoms with E-state index >= 15 is 0 Å². The standard InChI is InChI=1S/C19H24FN5O5/c1-12(27)21-9-15-10-25(19(29)30-15)14-2-3-17(16(20)8-14)24-6-4-13(5-7-24)22-23-18(28)11-26/h2-3,8,15,26H,4-7,9-11H2,1H3,(H,21,27)(H,23,28). The van der Waals surface area contributed by atoms with Gasteiger partial charge in [-0.3, -0.25) is 14.5 Å². The Morgan fingerprint density at radius 1 is 1.33 bits per heavy atom. The summed E-state index contributed by atoms with van der Waals surface area (Å²) in [4.78, 5) is 37.4. The van der Waals surface area contributed by atoms with Crippen LogP contribution < -0.4 is 20.5 Å². The maximum Gasteiger partial charge on any atom is 0.414 e. The van der Waals surface area contributed by atoms with Gasteiger partial charge in [-0.05, 0) is 18.2 Å². The number of amides is 3. The van der Waals surface area contributed by atoms with Crippen LogP contribution in [0.3, 0.4) is 0 Å². The molecule has 0 aliphatic carbocycles. The molecule has 1 aromatic carbocycles. The molecule has 0 bridgehead atoms. The number of hydrogen-bond acceptors (Lipinski definition) is 7. The Morgan fingerprint density at radius 3 is 2.70 bits per heavy atom. The molecule has 2 heterocycles. The number of benzene rings is 1. The Morgan fingerprint density at radius 2 is 2.07 bits per heavy atom. The number of hydrazone groups is 1. The molecule has 1 unspecified atom stereocenters. The summed E-state index contributed by atoms with van der Waals surface area (Å²) in [5.74, 6) is -1.25. The third kappa shape index (κ3) is 5.23. The van der Waals surface area contributed by atoms with Crippen molar-refractivity contribution in [2.24, 2.45) is 5.10 Å². The van der Waals surface area contributed by atoms with Gasteiger partial charge in [0.15, 0.2) is 0 Å². The van der Waals surface area contributed by atoms with Gasteiger partial charge in [-0.15, -0.1) is 0 Å². The van der Waals surface area contributed by atoms with Crippen LogP contribution in [-0.4, -0.2) is 67.6 Å². The van der Waals surface area contributed by atoms with E-state index in [9.17, 15) is 18.8 Å². The van der Waals surface area contributed by atoms with Crippen molar-refractivity contribution in [3.05, 3.63) is 24.0 Å². The van der Waals surface area contributed by atoms with E-state index in [0.29, 0.717) is 37.3 Å². The Kier molecular flexibility index (Phi) is 6.83. The first-order chi connectivity index (χ1) is 14.4. The van der Waals surface area contributed by atoms with Gasteiger partial charge in [0, 0.05) is 38.6 Å². The van der Waals surface area contributed by atoms with E-state index < -0.39 is 30.5 Å². The van der Waals surface area contributed by atoms with Crippen molar-refractivity contribution in [3.8, 4) is 0 Å². The predicted octanol–water partition coefficient (Wildman–Crippen LogP) is 0.352. The van der Waals surface area contributed by atoms with Crippen molar-refractivity contribution in [1.29, 1.82) is 0 Å². The van der Waals surface area contributed by atoms with E-state index in [0.717, 1.165) is 5.71 Å². The minimum absolute atomic E-state index is 0.203. The van der Waals surface area contributed by atoms with E-state index in [1.165, 1.54) is 17.9 Å². The molecule has 0 saturated carbocycles. The Bertz CT molecular complexity index is 852. The molecule has 2 fully saturated rings. The molecule has 162 valence electrons. The summed E-state index contributed by atoms with van der Waals surface area (Å²) in [6.07, 6.45) is 0.0309. The van der Waals surface area contributed by atoms with Gasteiger partial charge >= 0.3 is 6.09 Å². The van der Waals surface area contributed by atoms with Crippen LogP contribution in [0.5, 0.6) is 0 Å². The number of anilines is 2. The fourth-order valence-corrected chi connectivity index (χ4v) is 3.31. The normalized spacial score (nSPS) is 18.8. The third-order valence-corrected chi connectivity index (χ3v) is 4.86. The zero-order valence-corrected chi connectivity index (χ0v) is 16.6. The van der Waals surface area contributed by atoms with E-state index in [2.05, 4.69) is 15.8 Å². The van der Waals surface area contributed by atoms with Crippen molar-refractivity contribution in [3.63, 3.8) is 0 Å². The molecule has 11 heteroatoms. The lowest BCUT2D eigenvalue weighted by molar-refractivity contribution is -0.123. The minimum Gasteiger partial charge on any atom is -0.442 e. The third-order valence-electron chi connectivity index (χ3n) is 4.86. The molecular weight excluding hydrogens is 397 g/mol. The molecule has 0 aromatic heterocycles. The summed E-state index contributed by atoms with van der Waals surface area (Å²) in [7, 11) is 0. The van der Waals surface area contributed by atoms with Gasteiger partial charge in [0.05, 0.1) is 24.5 Å². The van der Waals surface area contributed by atoms with Crippen LogP contribution in [0.15, 0.2) is 23.3 Å². The van der Waals surface area contributed by atoms with E-state index in [1.807, 2.05) is 4.90 Å². The van der Waals surface area contributed by atoms with Crippen LogP contribution in [-0.2, 0) is 14.3 Å². The van der Waals surface area contributed by atoms with Gasteiger partial charge in [0.25, 0.3) is 5.91 Å². The summed E-state index contributed by atoms with van der Waals surface area (Å²) in [5, 5.41) is 15.2. The summed E-state index contributed by atoms with van der Waals surface area (Å²) >= 11 is 0. The van der Waals surface area contributed by atoms with Crippen LogP contribution in [0, 0.1) is 5.82 Å². The molecule has 1 atom stereocenters. The Balaban J connectivity index is 1.60. The number of nitrogens with zero attached hydrogens (tertiary/aromatic N) is 3. The van der Waals surface area contributed by atoms with E-state index in [-0.39, 0.29) is 19.0 Å². The molecule has 1 aromatic rings. The highest BCUT2D eigenvalue weighted by atomic mass is 19.1. The average Bonchev–Trinajstić information content (AvgIpc) is 3.11. The Labute approximate surface area is 172 Å². The highest BCUT2D eigenvalue weighted by Crippen LogP contribution is 2.29. The zero-order valence-electron chi connectivity index (χ0n) is 16.6. The van der Waals surface area contributed by atoms with Gasteiger partial charge in [-0.25, -0.2) is 14.6 Å². The molecule has 3 amide bonds. The first-order valence-electron chi connectivity index (χ1n) is 9.59. The molecule has 2 aliphatic heterocycles. The van der Waals surface area contributed by atoms with Crippen molar-refractivity contribution in [1.82, 2.24) is 10.7 Å². The van der Waals surface area contributed by atoms with E-state index in [1.54, 1.807) is 12.1 Å². The quantitative estimate of drug-likeness (QED) is 0.570. The maximum atomic E-state index is 14.8. The summed E-state index contributed by atoms with van der Waals surface area (Å²) < 4.78 is 20.0. The molecule has 2 aliphatic rings. The first-order valence-corrected chi connectivity index (χ1v) is 9.59. The summed E-state index contributed by atoms with van der Waals surface area (Å²) in [6.45, 7) is 2.22. The van der Waals surface area contributed by atoms with Crippen molar-refractivity contribution in [2.45, 2.75) is 25.9 Å². The van der Waals surface area contributed by atoms with Gasteiger partial charge < -0.3 is 20.1 Å². The van der Waals surface area contributed by atoms with Crippen LogP contribution in [0.2, 0.25) is 0 Å². The van der Waals surface area contributed by atoms with Gasteiger partial charge in [-0.1, -0.05) is 0 Å². The minimum atomic E-state index is -0.626. The highest BCUT2D eigenvalue weighted by molar-refractivity contribution is 5.90. The first kappa shape index (κ1) is 21.5. The molecular formula is C19H24FN5O5. The number of hydrogen-bond donors (Lipinski definition) is 3. The molecule has 2 saturated heterocycles. The largest absolute Gasteiger partial charge is 0.442 e. The highest BCUT2D eigenvalue weighted by Gasteiger charge is 2.33. The number of nitrogens with one attached hydrogen (secondary N) is 2. The lowest BCUT2D eigenvalue weighted by Gasteiger charge is -2.30. The summed E-state index contributed by atoms with van der Waals surface area (Å²) in [5.41, 5.74) is 3.84. The number of rotatable bonds is 6. The lowest BCUT2D eigenvalue weighted by Crippen LogP contribution is -2.36. The monoisotopic (exact) mass is 421 g/mol. The molecule has 30 heavy (non-hydrogen) atoms. The fourth-order valence-electron chi connectivity index (χ4n) is 3.31. The van der Waals surface area contributed by atoms with Crippen molar-refractivity contribution in [2.75, 3.05) is 42.6 Å². The number of aliphatic hydroxyl groups is 1. The number of halogens is 1. The fraction of sp³-hybridized carbons (Fsp3) is 0.474. The van der Waals surface area contributed by atoms with Gasteiger partial charge in [-0.2, -0.15) is 5.10 Å². The van der Waals surface area contributed by atoms with Crippen LogP contribution >= 0.6 is 0 Å². The van der Waals surface area contributed by atoms with Gasteiger partial charge in [0.2, 0.25) is 5.91 Å². The number of carbonyl (C=O) groups is 3. The lowest BCUT2D eigenvalue weighted by atomic mass is 10.1. The number of carbonyl (C=O) groups excluding carboxylic acids is 3. The second-order valence-corrected chi connectivity index (χ2v) is 7.05. The second kappa shape index (κ2) is 9.53. The van der Waals surface area contributed by atoms with Gasteiger partial charge in [0.1, 0.15) is 18.5 Å². The molecule has 3 N–H and O–H groups in total. The predicted molar refractivity (Wildman–Crippen MR) is 107 cm³/mol.